The van der Waals surface area contributed by atoms with Crippen molar-refractivity contribution < 1.29 is 5.11 Å². The lowest BCUT2D eigenvalue weighted by Gasteiger charge is -2.37. The monoisotopic (exact) mass is 267 g/mol. The summed E-state index contributed by atoms with van der Waals surface area (Å²) in [5, 5.41) is 10.3. The predicted molar refractivity (Wildman–Crippen MR) is 77.4 cm³/mol. The van der Waals surface area contributed by atoms with Crippen molar-refractivity contribution in [2.24, 2.45) is 0 Å². The van der Waals surface area contributed by atoms with Crippen LogP contribution in [-0.2, 0) is 0 Å². The van der Waals surface area contributed by atoms with Crippen LogP contribution < -0.4 is 4.90 Å². The fraction of sp³-hybridized carbons (Fsp3) is 0.600. The molecule has 2 nitrogen and oxygen atoms in total. The highest BCUT2D eigenvalue weighted by Crippen LogP contribution is 2.33. The van der Waals surface area contributed by atoms with Gasteiger partial charge in [-0.15, -0.1) is 0 Å². The summed E-state index contributed by atoms with van der Waals surface area (Å²) in [6.45, 7) is 5.09. The fourth-order valence-corrected chi connectivity index (χ4v) is 3.06. The Morgan fingerprint density at radius 3 is 2.83 bits per heavy atom. The first-order valence-corrected chi connectivity index (χ1v) is 7.25. The van der Waals surface area contributed by atoms with Crippen LogP contribution in [0.4, 0.5) is 5.69 Å². The Morgan fingerprint density at radius 2 is 2.22 bits per heavy atom. The largest absolute Gasteiger partial charge is 0.389 e. The maximum Gasteiger partial charge on any atom is 0.0762 e. The second kappa shape index (κ2) is 5.94. The van der Waals surface area contributed by atoms with E-state index in [9.17, 15) is 5.11 Å². The maximum absolute atomic E-state index is 9.58. The zero-order chi connectivity index (χ0) is 13.1. The molecular formula is C15H22ClNO. The molecule has 0 saturated carbocycles. The van der Waals surface area contributed by atoms with Gasteiger partial charge in [-0.1, -0.05) is 24.6 Å². The van der Waals surface area contributed by atoms with Gasteiger partial charge in [0.25, 0.3) is 0 Å². The highest BCUT2D eigenvalue weighted by Gasteiger charge is 2.22. The average molecular weight is 268 g/mol. The van der Waals surface area contributed by atoms with Crippen LogP contribution in [-0.4, -0.2) is 17.7 Å². The van der Waals surface area contributed by atoms with Crippen molar-refractivity contribution in [1.82, 2.24) is 0 Å². The molecule has 0 aliphatic carbocycles. The number of aliphatic hydroxyl groups excluding tert-OH is 1. The molecule has 2 rings (SSSR count). The Kier molecular flexibility index (Phi) is 4.52. The van der Waals surface area contributed by atoms with Gasteiger partial charge >= 0.3 is 0 Å². The van der Waals surface area contributed by atoms with E-state index >= 15 is 0 Å². The van der Waals surface area contributed by atoms with Gasteiger partial charge in [-0.05, 0) is 50.3 Å². The molecule has 0 aromatic heterocycles. The van der Waals surface area contributed by atoms with Crippen LogP contribution in [0.15, 0.2) is 18.2 Å². The Balaban J connectivity index is 2.26. The van der Waals surface area contributed by atoms with E-state index in [0.29, 0.717) is 6.04 Å². The number of rotatable bonds is 3. The number of hydrogen-bond acceptors (Lipinski definition) is 2. The maximum atomic E-state index is 9.58. The quantitative estimate of drug-likeness (QED) is 0.889. The second-order valence-electron chi connectivity index (χ2n) is 5.14. The molecule has 1 aliphatic heterocycles. The Hall–Kier alpha value is -0.730. The van der Waals surface area contributed by atoms with Crippen LogP contribution in [0.2, 0.25) is 5.02 Å². The third-order valence-corrected chi connectivity index (χ3v) is 4.16. The average Bonchev–Trinajstić information content (AvgIpc) is 2.38. The molecule has 0 radical (unpaired) electrons. The smallest absolute Gasteiger partial charge is 0.0762 e. The molecular weight excluding hydrogens is 246 g/mol. The molecule has 1 unspecified atom stereocenters. The number of hydrogen-bond donors (Lipinski definition) is 1. The third-order valence-electron chi connectivity index (χ3n) is 3.86. The van der Waals surface area contributed by atoms with Gasteiger partial charge < -0.3 is 10.0 Å². The van der Waals surface area contributed by atoms with E-state index in [-0.39, 0.29) is 0 Å². The van der Waals surface area contributed by atoms with Crippen molar-refractivity contribution >= 4 is 17.3 Å². The van der Waals surface area contributed by atoms with E-state index < -0.39 is 6.10 Å². The molecule has 0 spiro atoms. The summed E-state index contributed by atoms with van der Waals surface area (Å²) in [6.07, 6.45) is 4.52. The summed E-state index contributed by atoms with van der Waals surface area (Å²) < 4.78 is 0. The van der Waals surface area contributed by atoms with Gasteiger partial charge in [0.15, 0.2) is 0 Å². The normalized spacial score (nSPS) is 22.0. The van der Waals surface area contributed by atoms with Crippen molar-refractivity contribution in [2.45, 2.75) is 51.7 Å². The van der Waals surface area contributed by atoms with Crippen LogP contribution in [0.3, 0.4) is 0 Å². The number of halogens is 1. The molecule has 0 amide bonds. The number of anilines is 1. The van der Waals surface area contributed by atoms with Gasteiger partial charge in [0.05, 0.1) is 16.8 Å². The summed E-state index contributed by atoms with van der Waals surface area (Å²) >= 11 is 6.38. The van der Waals surface area contributed by atoms with Crippen molar-refractivity contribution in [3.05, 3.63) is 28.8 Å². The summed E-state index contributed by atoms with van der Waals surface area (Å²) in [7, 11) is 0. The molecule has 1 fully saturated rings. The third kappa shape index (κ3) is 2.81. The van der Waals surface area contributed by atoms with Gasteiger partial charge in [0.2, 0.25) is 0 Å². The van der Waals surface area contributed by atoms with E-state index in [0.717, 1.165) is 29.2 Å². The van der Waals surface area contributed by atoms with E-state index in [4.69, 9.17) is 11.6 Å². The first-order valence-electron chi connectivity index (χ1n) is 6.87. The van der Waals surface area contributed by atoms with Gasteiger partial charge in [0, 0.05) is 12.6 Å². The lowest BCUT2D eigenvalue weighted by molar-refractivity contribution is 0.199. The molecule has 1 saturated heterocycles. The fourth-order valence-electron chi connectivity index (χ4n) is 2.76. The molecule has 1 N–H and O–H groups in total. The van der Waals surface area contributed by atoms with Crippen LogP contribution in [0.5, 0.6) is 0 Å². The standard InChI is InChI=1S/C15H22ClNO/c1-3-13-6-4-5-9-17(13)15-8-7-12(11(2)18)10-14(15)16/h7-8,10-11,13,18H,3-6,9H2,1-2H3/t11-,13?/m0/s1. The van der Waals surface area contributed by atoms with E-state index in [1.165, 1.54) is 19.3 Å². The van der Waals surface area contributed by atoms with Gasteiger partial charge in [-0.3, -0.25) is 0 Å². The van der Waals surface area contributed by atoms with Crippen LogP contribution >= 0.6 is 11.6 Å². The highest BCUT2D eigenvalue weighted by molar-refractivity contribution is 6.33. The number of aliphatic hydroxyl groups is 1. The van der Waals surface area contributed by atoms with Crippen molar-refractivity contribution in [1.29, 1.82) is 0 Å². The molecule has 1 heterocycles. The van der Waals surface area contributed by atoms with E-state index in [1.54, 1.807) is 6.92 Å². The molecule has 0 bridgehead atoms. The predicted octanol–water partition coefficient (Wildman–Crippen LogP) is 4.16. The molecule has 100 valence electrons. The summed E-state index contributed by atoms with van der Waals surface area (Å²) in [6, 6.07) is 6.53. The summed E-state index contributed by atoms with van der Waals surface area (Å²) in [5.41, 5.74) is 2.00. The van der Waals surface area contributed by atoms with Gasteiger partial charge in [0.1, 0.15) is 0 Å². The highest BCUT2D eigenvalue weighted by atomic mass is 35.5. The van der Waals surface area contributed by atoms with Crippen molar-refractivity contribution in [3.8, 4) is 0 Å². The molecule has 1 aliphatic rings. The minimum absolute atomic E-state index is 0.458. The summed E-state index contributed by atoms with van der Waals surface area (Å²) in [4.78, 5) is 2.43. The molecule has 1 aromatic carbocycles. The first kappa shape index (κ1) is 13.7. The Labute approximate surface area is 115 Å². The second-order valence-corrected chi connectivity index (χ2v) is 5.55. The lowest BCUT2D eigenvalue weighted by Crippen LogP contribution is -2.39. The summed E-state index contributed by atoms with van der Waals surface area (Å²) in [5.74, 6) is 0. The van der Waals surface area contributed by atoms with Crippen molar-refractivity contribution in [3.63, 3.8) is 0 Å². The SMILES string of the molecule is CCC1CCCCN1c1ccc([C@H](C)O)cc1Cl. The van der Waals surface area contributed by atoms with Crippen LogP contribution in [0.1, 0.15) is 51.2 Å². The van der Waals surface area contributed by atoms with Crippen molar-refractivity contribution in [2.75, 3.05) is 11.4 Å². The zero-order valence-electron chi connectivity index (χ0n) is 11.2. The van der Waals surface area contributed by atoms with Crippen LogP contribution in [0.25, 0.3) is 0 Å². The first-order chi connectivity index (χ1) is 8.63. The van der Waals surface area contributed by atoms with E-state index in [1.807, 2.05) is 12.1 Å². The number of piperidine rings is 1. The lowest BCUT2D eigenvalue weighted by atomic mass is 9.98. The van der Waals surface area contributed by atoms with Crippen LogP contribution in [0, 0.1) is 0 Å². The van der Waals surface area contributed by atoms with Gasteiger partial charge in [-0.2, -0.15) is 0 Å². The Bertz CT molecular complexity index is 405. The molecule has 1 aromatic rings. The minimum atomic E-state index is -0.458. The Morgan fingerprint density at radius 1 is 1.44 bits per heavy atom. The number of nitrogens with zero attached hydrogens (tertiary/aromatic N) is 1. The van der Waals surface area contributed by atoms with Gasteiger partial charge in [-0.25, -0.2) is 0 Å². The number of benzene rings is 1. The van der Waals surface area contributed by atoms with E-state index in [2.05, 4.69) is 17.9 Å². The zero-order valence-corrected chi connectivity index (χ0v) is 12.0. The molecule has 18 heavy (non-hydrogen) atoms. The molecule has 2 atom stereocenters. The topological polar surface area (TPSA) is 23.5 Å². The molecule has 3 heteroatoms. The minimum Gasteiger partial charge on any atom is -0.389 e.